The van der Waals surface area contributed by atoms with Gasteiger partial charge in [0.2, 0.25) is 0 Å². The molecule has 0 bridgehead atoms. The maximum atomic E-state index is 13.9. The molecule has 0 atom stereocenters. The molecule has 7 heteroatoms. The number of rotatable bonds is 4. The predicted octanol–water partition coefficient (Wildman–Crippen LogP) is 2.73. The summed E-state index contributed by atoms with van der Waals surface area (Å²) in [6.45, 7) is 6.57. The standard InChI is InChI=1S/C20H21FN4O2/c1-13-10-19(24-6-8-27-9-7-24)23-25-18(17(12-26)22-20(13)25)11-15-4-3-5-16(21)14(15)2/h3-5,10,12H,6-9,11H2,1-2H3. The third-order valence-electron chi connectivity index (χ3n) is 5.06. The van der Waals surface area contributed by atoms with E-state index in [2.05, 4.69) is 9.88 Å². The van der Waals surface area contributed by atoms with Crippen LogP contribution < -0.4 is 4.90 Å². The second kappa shape index (κ2) is 7.08. The van der Waals surface area contributed by atoms with Crippen LogP contribution in [0.2, 0.25) is 0 Å². The number of anilines is 1. The zero-order chi connectivity index (χ0) is 19.0. The van der Waals surface area contributed by atoms with E-state index in [1.807, 2.05) is 19.1 Å². The van der Waals surface area contributed by atoms with Gasteiger partial charge < -0.3 is 9.64 Å². The van der Waals surface area contributed by atoms with Crippen molar-refractivity contribution in [3.05, 3.63) is 58.2 Å². The lowest BCUT2D eigenvalue weighted by atomic mass is 10.0. The Kier molecular flexibility index (Phi) is 4.61. The van der Waals surface area contributed by atoms with Gasteiger partial charge in [0.1, 0.15) is 17.3 Å². The molecule has 3 heterocycles. The van der Waals surface area contributed by atoms with Crippen LogP contribution in [0.4, 0.5) is 10.2 Å². The summed E-state index contributed by atoms with van der Waals surface area (Å²) in [5.74, 6) is 0.572. The molecule has 4 rings (SSSR count). The van der Waals surface area contributed by atoms with E-state index in [1.54, 1.807) is 17.5 Å². The van der Waals surface area contributed by atoms with E-state index < -0.39 is 0 Å². The van der Waals surface area contributed by atoms with E-state index in [1.165, 1.54) is 6.07 Å². The fourth-order valence-corrected chi connectivity index (χ4v) is 3.45. The highest BCUT2D eigenvalue weighted by Gasteiger charge is 2.20. The lowest BCUT2D eigenvalue weighted by Crippen LogP contribution is -2.37. The van der Waals surface area contributed by atoms with E-state index in [0.29, 0.717) is 42.2 Å². The van der Waals surface area contributed by atoms with Crippen LogP contribution in [0.5, 0.6) is 0 Å². The summed E-state index contributed by atoms with van der Waals surface area (Å²) < 4.78 is 21.1. The number of ether oxygens (including phenoxy) is 1. The number of aldehydes is 1. The van der Waals surface area contributed by atoms with E-state index in [0.717, 1.165) is 36.3 Å². The lowest BCUT2D eigenvalue weighted by Gasteiger charge is -2.28. The summed E-state index contributed by atoms with van der Waals surface area (Å²) in [7, 11) is 0. The number of fused-ring (bicyclic) bond motifs is 1. The third-order valence-corrected chi connectivity index (χ3v) is 5.06. The van der Waals surface area contributed by atoms with Crippen LogP contribution in [0.25, 0.3) is 5.65 Å². The molecule has 0 saturated carbocycles. The van der Waals surface area contributed by atoms with E-state index in [9.17, 15) is 9.18 Å². The van der Waals surface area contributed by atoms with Crippen LogP contribution in [-0.4, -0.2) is 47.2 Å². The molecule has 0 N–H and O–H groups in total. The van der Waals surface area contributed by atoms with Crippen molar-refractivity contribution in [2.75, 3.05) is 31.2 Å². The number of halogens is 1. The van der Waals surface area contributed by atoms with E-state index in [-0.39, 0.29) is 5.82 Å². The second-order valence-corrected chi connectivity index (χ2v) is 6.78. The number of carbonyl (C=O) groups is 1. The molecule has 0 amide bonds. The number of hydrogen-bond donors (Lipinski definition) is 0. The molecule has 0 unspecified atom stereocenters. The zero-order valence-electron chi connectivity index (χ0n) is 15.4. The van der Waals surface area contributed by atoms with Crippen molar-refractivity contribution in [3.63, 3.8) is 0 Å². The van der Waals surface area contributed by atoms with Gasteiger partial charge in [-0.15, -0.1) is 5.10 Å². The Labute approximate surface area is 156 Å². The normalized spacial score (nSPS) is 14.7. The van der Waals surface area contributed by atoms with Gasteiger partial charge in [0.15, 0.2) is 11.9 Å². The van der Waals surface area contributed by atoms with Crippen molar-refractivity contribution < 1.29 is 13.9 Å². The molecule has 2 aromatic heterocycles. The minimum Gasteiger partial charge on any atom is -0.378 e. The second-order valence-electron chi connectivity index (χ2n) is 6.78. The first kappa shape index (κ1) is 17.6. The molecule has 1 aromatic carbocycles. The Hall–Kier alpha value is -2.80. The van der Waals surface area contributed by atoms with Gasteiger partial charge in [-0.3, -0.25) is 4.79 Å². The number of nitrogens with zero attached hydrogens (tertiary/aromatic N) is 4. The number of aromatic nitrogens is 3. The fraction of sp³-hybridized carbons (Fsp3) is 0.350. The van der Waals surface area contributed by atoms with Gasteiger partial charge >= 0.3 is 0 Å². The monoisotopic (exact) mass is 368 g/mol. The predicted molar refractivity (Wildman–Crippen MR) is 100 cm³/mol. The molecule has 1 aliphatic heterocycles. The highest BCUT2D eigenvalue weighted by molar-refractivity contribution is 5.76. The largest absolute Gasteiger partial charge is 0.378 e. The van der Waals surface area contributed by atoms with Crippen molar-refractivity contribution in [1.82, 2.24) is 14.6 Å². The van der Waals surface area contributed by atoms with Crippen molar-refractivity contribution in [3.8, 4) is 0 Å². The summed E-state index contributed by atoms with van der Waals surface area (Å²) >= 11 is 0. The molecular formula is C20H21FN4O2. The van der Waals surface area contributed by atoms with Crippen LogP contribution in [0.1, 0.15) is 32.9 Å². The number of imidazole rings is 1. The van der Waals surface area contributed by atoms with E-state index >= 15 is 0 Å². The minimum absolute atomic E-state index is 0.257. The summed E-state index contributed by atoms with van der Waals surface area (Å²) in [6.07, 6.45) is 1.13. The van der Waals surface area contributed by atoms with Crippen LogP contribution in [-0.2, 0) is 11.2 Å². The van der Waals surface area contributed by atoms with Crippen molar-refractivity contribution in [1.29, 1.82) is 0 Å². The van der Waals surface area contributed by atoms with Crippen molar-refractivity contribution >= 4 is 17.8 Å². The molecule has 0 radical (unpaired) electrons. The number of benzene rings is 1. The Bertz CT molecular complexity index is 1010. The number of aryl methyl sites for hydroxylation is 1. The lowest BCUT2D eigenvalue weighted by molar-refractivity contribution is 0.111. The molecule has 6 nitrogen and oxygen atoms in total. The molecular weight excluding hydrogens is 347 g/mol. The summed E-state index contributed by atoms with van der Waals surface area (Å²) in [6, 6.07) is 6.97. The topological polar surface area (TPSA) is 59.7 Å². The first-order valence-corrected chi connectivity index (χ1v) is 8.99. The van der Waals surface area contributed by atoms with Crippen LogP contribution >= 0.6 is 0 Å². The smallest absolute Gasteiger partial charge is 0.170 e. The van der Waals surface area contributed by atoms with Gasteiger partial charge in [-0.1, -0.05) is 12.1 Å². The number of hydrogen-bond acceptors (Lipinski definition) is 5. The summed E-state index contributed by atoms with van der Waals surface area (Å²) in [4.78, 5) is 18.3. The molecule has 3 aromatic rings. The molecule has 1 fully saturated rings. The number of morpholine rings is 1. The van der Waals surface area contributed by atoms with Gasteiger partial charge in [-0.2, -0.15) is 0 Å². The molecule has 140 valence electrons. The maximum Gasteiger partial charge on any atom is 0.170 e. The maximum absolute atomic E-state index is 13.9. The van der Waals surface area contributed by atoms with Crippen molar-refractivity contribution in [2.24, 2.45) is 0 Å². The van der Waals surface area contributed by atoms with Gasteiger partial charge in [-0.25, -0.2) is 13.9 Å². The summed E-state index contributed by atoms with van der Waals surface area (Å²) in [5, 5.41) is 4.75. The fourth-order valence-electron chi connectivity index (χ4n) is 3.45. The number of carbonyl (C=O) groups excluding carboxylic acids is 1. The first-order valence-electron chi connectivity index (χ1n) is 8.99. The van der Waals surface area contributed by atoms with Gasteiger partial charge in [0.05, 0.1) is 18.9 Å². The van der Waals surface area contributed by atoms with Gasteiger partial charge in [-0.05, 0) is 42.7 Å². The first-order chi connectivity index (χ1) is 13.1. The van der Waals surface area contributed by atoms with Crippen LogP contribution in [0.3, 0.4) is 0 Å². The molecule has 1 saturated heterocycles. The SMILES string of the molecule is Cc1c(F)cccc1Cc1c(C=O)nc2c(C)cc(N3CCOCC3)nn12. The molecule has 27 heavy (non-hydrogen) atoms. The van der Waals surface area contributed by atoms with E-state index in [4.69, 9.17) is 9.84 Å². The summed E-state index contributed by atoms with van der Waals surface area (Å²) in [5.41, 5.74) is 4.00. The Balaban J connectivity index is 1.83. The van der Waals surface area contributed by atoms with Crippen LogP contribution in [0.15, 0.2) is 24.3 Å². The zero-order valence-corrected chi connectivity index (χ0v) is 15.4. The Morgan fingerprint density at radius 2 is 2.04 bits per heavy atom. The van der Waals surface area contributed by atoms with Gasteiger partial charge in [0.25, 0.3) is 0 Å². The Morgan fingerprint density at radius 1 is 1.26 bits per heavy atom. The highest BCUT2D eigenvalue weighted by atomic mass is 19.1. The highest BCUT2D eigenvalue weighted by Crippen LogP contribution is 2.23. The molecule has 1 aliphatic rings. The van der Waals surface area contributed by atoms with Gasteiger partial charge in [0, 0.05) is 19.5 Å². The molecule has 0 spiro atoms. The Morgan fingerprint density at radius 3 is 2.78 bits per heavy atom. The third kappa shape index (κ3) is 3.19. The van der Waals surface area contributed by atoms with Crippen LogP contribution in [0, 0.1) is 19.7 Å². The average molecular weight is 368 g/mol. The quantitative estimate of drug-likeness (QED) is 0.663. The average Bonchev–Trinajstić information content (AvgIpc) is 3.04. The minimum atomic E-state index is -0.257. The van der Waals surface area contributed by atoms with Crippen molar-refractivity contribution in [2.45, 2.75) is 20.3 Å². The molecule has 0 aliphatic carbocycles.